The van der Waals surface area contributed by atoms with Crippen molar-refractivity contribution in [3.63, 3.8) is 0 Å². The Kier molecular flexibility index (Phi) is 3.79. The lowest BCUT2D eigenvalue weighted by Gasteiger charge is -2.18. The van der Waals surface area contributed by atoms with Crippen molar-refractivity contribution >= 4 is 5.78 Å². The van der Waals surface area contributed by atoms with Crippen LogP contribution in [0, 0.1) is 0 Å². The topological polar surface area (TPSA) is 17.1 Å². The first kappa shape index (κ1) is 12.8. The van der Waals surface area contributed by atoms with Crippen molar-refractivity contribution < 1.29 is 13.6 Å². The van der Waals surface area contributed by atoms with Gasteiger partial charge < -0.3 is 0 Å². The van der Waals surface area contributed by atoms with Crippen LogP contribution in [0.15, 0.2) is 24.3 Å². The molecule has 0 aliphatic heterocycles. The standard InChI is InChI=1S/C13H16F2O/c1-13(2,3)10-6-4-9(5-7-10)11(16)8-12(14)15/h4-7,12H,8H2,1-3H3. The van der Waals surface area contributed by atoms with Crippen LogP contribution in [0.2, 0.25) is 0 Å². The summed E-state index contributed by atoms with van der Waals surface area (Å²) in [7, 11) is 0. The molecule has 0 bridgehead atoms. The number of hydrogen-bond donors (Lipinski definition) is 0. The predicted molar refractivity (Wildman–Crippen MR) is 60.1 cm³/mol. The molecule has 1 aromatic carbocycles. The monoisotopic (exact) mass is 226 g/mol. The SMILES string of the molecule is CC(C)(C)c1ccc(C(=O)CC(F)F)cc1. The summed E-state index contributed by atoms with van der Waals surface area (Å²) in [6, 6.07) is 6.87. The lowest BCUT2D eigenvalue weighted by Crippen LogP contribution is -2.11. The van der Waals surface area contributed by atoms with E-state index < -0.39 is 18.6 Å². The van der Waals surface area contributed by atoms with Gasteiger partial charge in [-0.2, -0.15) is 0 Å². The van der Waals surface area contributed by atoms with Crippen molar-refractivity contribution in [2.75, 3.05) is 0 Å². The zero-order chi connectivity index (χ0) is 12.3. The van der Waals surface area contributed by atoms with Crippen LogP contribution in [0.1, 0.15) is 43.1 Å². The first-order valence-electron chi connectivity index (χ1n) is 5.22. The van der Waals surface area contributed by atoms with Crippen LogP contribution >= 0.6 is 0 Å². The molecule has 0 aliphatic carbocycles. The fourth-order valence-corrected chi connectivity index (χ4v) is 1.41. The maximum absolute atomic E-state index is 12.0. The van der Waals surface area contributed by atoms with Gasteiger partial charge in [-0.05, 0) is 11.0 Å². The third-order valence-corrected chi connectivity index (χ3v) is 2.41. The number of carbonyl (C=O) groups is 1. The summed E-state index contributed by atoms with van der Waals surface area (Å²) < 4.78 is 24.0. The molecule has 0 amide bonds. The Balaban J connectivity index is 2.83. The molecule has 0 saturated heterocycles. The van der Waals surface area contributed by atoms with Gasteiger partial charge in [0.2, 0.25) is 6.43 Å². The molecule has 16 heavy (non-hydrogen) atoms. The second-order valence-electron chi connectivity index (χ2n) is 4.85. The number of halogens is 2. The largest absolute Gasteiger partial charge is 0.294 e. The van der Waals surface area contributed by atoms with Crippen LogP contribution in [0.25, 0.3) is 0 Å². The van der Waals surface area contributed by atoms with Gasteiger partial charge in [0, 0.05) is 5.56 Å². The Hall–Kier alpha value is -1.25. The second kappa shape index (κ2) is 4.73. The molecule has 1 nitrogen and oxygen atoms in total. The normalized spacial score (nSPS) is 11.9. The summed E-state index contributed by atoms with van der Waals surface area (Å²) in [6.07, 6.45) is -3.27. The molecule has 1 aromatic rings. The van der Waals surface area contributed by atoms with E-state index in [2.05, 4.69) is 20.8 Å². The van der Waals surface area contributed by atoms with Gasteiger partial charge in [-0.25, -0.2) is 8.78 Å². The quantitative estimate of drug-likeness (QED) is 0.716. The molecule has 88 valence electrons. The van der Waals surface area contributed by atoms with Gasteiger partial charge in [-0.3, -0.25) is 4.79 Å². The Bertz CT molecular complexity index is 361. The zero-order valence-corrected chi connectivity index (χ0v) is 9.76. The summed E-state index contributed by atoms with van der Waals surface area (Å²) in [6.45, 7) is 6.18. The molecular formula is C13H16F2O. The van der Waals surface area contributed by atoms with Crippen LogP contribution in [-0.2, 0) is 5.41 Å². The first-order valence-corrected chi connectivity index (χ1v) is 5.22. The second-order valence-corrected chi connectivity index (χ2v) is 4.85. The summed E-state index contributed by atoms with van der Waals surface area (Å²) in [5, 5.41) is 0. The van der Waals surface area contributed by atoms with Crippen LogP contribution in [0.3, 0.4) is 0 Å². The average Bonchev–Trinajstić information content (AvgIpc) is 2.15. The molecular weight excluding hydrogens is 210 g/mol. The van der Waals surface area contributed by atoms with Crippen molar-refractivity contribution in [1.82, 2.24) is 0 Å². The van der Waals surface area contributed by atoms with Crippen molar-refractivity contribution in [2.24, 2.45) is 0 Å². The Morgan fingerprint density at radius 1 is 1.19 bits per heavy atom. The molecule has 0 aliphatic rings. The predicted octanol–water partition coefficient (Wildman–Crippen LogP) is 3.82. The van der Waals surface area contributed by atoms with Gasteiger partial charge in [-0.1, -0.05) is 45.0 Å². The molecule has 0 unspecified atom stereocenters. The minimum Gasteiger partial charge on any atom is -0.294 e. The highest BCUT2D eigenvalue weighted by atomic mass is 19.3. The van der Waals surface area contributed by atoms with E-state index >= 15 is 0 Å². The van der Waals surface area contributed by atoms with Crippen LogP contribution in [-0.4, -0.2) is 12.2 Å². The first-order chi connectivity index (χ1) is 7.30. The highest BCUT2D eigenvalue weighted by Gasteiger charge is 2.16. The van der Waals surface area contributed by atoms with Crippen LogP contribution in [0.5, 0.6) is 0 Å². The van der Waals surface area contributed by atoms with Gasteiger partial charge in [0.15, 0.2) is 5.78 Å². The molecule has 0 atom stereocenters. The molecule has 0 N–H and O–H groups in total. The lowest BCUT2D eigenvalue weighted by atomic mass is 9.86. The third-order valence-electron chi connectivity index (χ3n) is 2.41. The number of ketones is 1. The van der Waals surface area contributed by atoms with Gasteiger partial charge in [0.1, 0.15) is 0 Å². The molecule has 0 heterocycles. The molecule has 1 rings (SSSR count). The number of hydrogen-bond acceptors (Lipinski definition) is 1. The Morgan fingerprint density at radius 3 is 2.06 bits per heavy atom. The number of rotatable bonds is 3. The molecule has 0 aromatic heterocycles. The lowest BCUT2D eigenvalue weighted by molar-refractivity contribution is 0.0829. The van der Waals surface area contributed by atoms with Gasteiger partial charge >= 0.3 is 0 Å². The number of Topliss-reactive ketones (excluding diaryl/α,β-unsaturated/α-hetero) is 1. The molecule has 0 spiro atoms. The van der Waals surface area contributed by atoms with Gasteiger partial charge in [0.25, 0.3) is 0 Å². The van der Waals surface area contributed by atoms with E-state index in [0.717, 1.165) is 5.56 Å². The van der Waals surface area contributed by atoms with Crippen molar-refractivity contribution in [3.8, 4) is 0 Å². The fraction of sp³-hybridized carbons (Fsp3) is 0.462. The molecule has 0 saturated carbocycles. The minimum absolute atomic E-state index is 0.00426. The van der Waals surface area contributed by atoms with E-state index in [-0.39, 0.29) is 5.41 Å². The van der Waals surface area contributed by atoms with Crippen molar-refractivity contribution in [1.29, 1.82) is 0 Å². The van der Waals surface area contributed by atoms with Gasteiger partial charge in [0.05, 0.1) is 6.42 Å². The van der Waals surface area contributed by atoms with Gasteiger partial charge in [-0.15, -0.1) is 0 Å². The molecule has 3 heteroatoms. The highest BCUT2D eigenvalue weighted by molar-refractivity contribution is 5.96. The number of benzene rings is 1. The number of carbonyl (C=O) groups excluding carboxylic acids is 1. The van der Waals surface area contributed by atoms with E-state index in [0.29, 0.717) is 5.56 Å². The summed E-state index contributed by atoms with van der Waals surface area (Å²) in [5.74, 6) is -0.504. The van der Waals surface area contributed by atoms with E-state index in [9.17, 15) is 13.6 Å². The minimum atomic E-state index is -2.57. The smallest absolute Gasteiger partial charge is 0.245 e. The average molecular weight is 226 g/mol. The zero-order valence-electron chi connectivity index (χ0n) is 9.76. The maximum atomic E-state index is 12.0. The van der Waals surface area contributed by atoms with Crippen LogP contribution < -0.4 is 0 Å². The van der Waals surface area contributed by atoms with Crippen LogP contribution in [0.4, 0.5) is 8.78 Å². The number of alkyl halides is 2. The Labute approximate surface area is 94.5 Å². The molecule has 0 fully saturated rings. The summed E-state index contributed by atoms with van der Waals surface area (Å²) in [4.78, 5) is 11.3. The third kappa shape index (κ3) is 3.40. The van der Waals surface area contributed by atoms with Crippen molar-refractivity contribution in [2.45, 2.75) is 39.0 Å². The fourth-order valence-electron chi connectivity index (χ4n) is 1.41. The summed E-state index contributed by atoms with van der Waals surface area (Å²) in [5.41, 5.74) is 1.44. The molecule has 0 radical (unpaired) electrons. The Morgan fingerprint density at radius 2 is 1.69 bits per heavy atom. The highest BCUT2D eigenvalue weighted by Crippen LogP contribution is 2.22. The van der Waals surface area contributed by atoms with E-state index in [1.54, 1.807) is 12.1 Å². The van der Waals surface area contributed by atoms with Crippen molar-refractivity contribution in [3.05, 3.63) is 35.4 Å². The maximum Gasteiger partial charge on any atom is 0.245 e. The van der Waals surface area contributed by atoms with E-state index in [1.165, 1.54) is 0 Å². The van der Waals surface area contributed by atoms with E-state index in [1.807, 2.05) is 12.1 Å². The summed E-state index contributed by atoms with van der Waals surface area (Å²) >= 11 is 0. The van der Waals surface area contributed by atoms with E-state index in [4.69, 9.17) is 0 Å².